The van der Waals surface area contributed by atoms with Crippen molar-refractivity contribution in [3.05, 3.63) is 47.5 Å². The highest BCUT2D eigenvalue weighted by Crippen LogP contribution is 2.22. The van der Waals surface area contributed by atoms with Crippen molar-refractivity contribution in [1.82, 2.24) is 24.9 Å². The van der Waals surface area contributed by atoms with Crippen molar-refractivity contribution >= 4 is 17.7 Å². The molecule has 0 aromatic heterocycles. The van der Waals surface area contributed by atoms with E-state index < -0.39 is 6.04 Å². The van der Waals surface area contributed by atoms with Crippen LogP contribution in [0.25, 0.3) is 0 Å². The first-order valence-electron chi connectivity index (χ1n) is 16.0. The van der Waals surface area contributed by atoms with Crippen molar-refractivity contribution in [3.8, 4) is 0 Å². The highest BCUT2D eigenvalue weighted by molar-refractivity contribution is 5.93. The van der Waals surface area contributed by atoms with Gasteiger partial charge in [0, 0.05) is 51.4 Å². The number of amides is 3. The van der Waals surface area contributed by atoms with Crippen LogP contribution in [0.3, 0.4) is 0 Å². The summed E-state index contributed by atoms with van der Waals surface area (Å²) in [6.07, 6.45) is 4.89. The summed E-state index contributed by atoms with van der Waals surface area (Å²) in [5.41, 5.74) is 1.94. The molecule has 2 aliphatic heterocycles. The second kappa shape index (κ2) is 15.7. The fourth-order valence-corrected chi connectivity index (χ4v) is 6.26. The van der Waals surface area contributed by atoms with Crippen molar-refractivity contribution in [1.29, 1.82) is 0 Å². The Labute approximate surface area is 254 Å². The molecule has 0 saturated carbocycles. The number of nitrogens with one attached hydrogen (secondary N) is 1. The molecular formula is C34H55N5O3. The number of carbonyl (C=O) groups excluding carboxylic acids is 3. The molecule has 1 unspecified atom stereocenters. The summed E-state index contributed by atoms with van der Waals surface area (Å²) in [7, 11) is 1.80. The summed E-state index contributed by atoms with van der Waals surface area (Å²) in [5.74, 6) is -0.108. The first kappa shape index (κ1) is 33.8. The highest BCUT2D eigenvalue weighted by Gasteiger charge is 2.36. The second-order valence-corrected chi connectivity index (χ2v) is 13.2. The minimum absolute atomic E-state index is 0.0284. The van der Waals surface area contributed by atoms with Crippen LogP contribution in [-0.4, -0.2) is 101 Å². The van der Waals surface area contributed by atoms with Crippen LogP contribution >= 0.6 is 0 Å². The van der Waals surface area contributed by atoms with E-state index in [-0.39, 0.29) is 47.7 Å². The first-order chi connectivity index (χ1) is 19.9. The molecular weight excluding hydrogens is 526 g/mol. The Morgan fingerprint density at radius 2 is 1.57 bits per heavy atom. The summed E-state index contributed by atoms with van der Waals surface area (Å²) in [5, 5.41) is 3.12. The van der Waals surface area contributed by atoms with E-state index in [1.807, 2.05) is 37.8 Å². The van der Waals surface area contributed by atoms with Gasteiger partial charge in [-0.2, -0.15) is 0 Å². The molecule has 2 saturated heterocycles. The number of carbonyl (C=O) groups is 3. The van der Waals surface area contributed by atoms with Gasteiger partial charge in [0.05, 0.1) is 12.1 Å². The maximum Gasteiger partial charge on any atom is 0.249 e. The molecule has 2 heterocycles. The maximum absolute atomic E-state index is 13.9. The molecule has 8 heteroatoms. The maximum atomic E-state index is 13.9. The van der Waals surface area contributed by atoms with Crippen molar-refractivity contribution in [2.75, 3.05) is 39.8 Å². The van der Waals surface area contributed by atoms with Crippen molar-refractivity contribution < 1.29 is 14.4 Å². The fraction of sp³-hybridized carbons (Fsp3) is 0.676. The van der Waals surface area contributed by atoms with Crippen molar-refractivity contribution in [2.45, 2.75) is 98.4 Å². The number of piperidine rings is 1. The third kappa shape index (κ3) is 8.90. The Morgan fingerprint density at radius 3 is 2.14 bits per heavy atom. The van der Waals surface area contributed by atoms with Crippen LogP contribution in [0.5, 0.6) is 0 Å². The summed E-state index contributed by atoms with van der Waals surface area (Å²) in [6, 6.07) is 9.62. The lowest BCUT2D eigenvalue weighted by atomic mass is 9.95. The van der Waals surface area contributed by atoms with E-state index in [2.05, 4.69) is 67.1 Å². The van der Waals surface area contributed by atoms with E-state index >= 15 is 0 Å². The quantitative estimate of drug-likeness (QED) is 0.397. The average Bonchev–Trinajstić information content (AvgIpc) is 2.97. The number of hydrogen-bond acceptors (Lipinski definition) is 5. The van der Waals surface area contributed by atoms with Crippen LogP contribution in [0, 0.1) is 11.8 Å². The normalized spacial score (nSPS) is 20.6. The Kier molecular flexibility index (Phi) is 12.6. The van der Waals surface area contributed by atoms with E-state index in [1.54, 1.807) is 11.9 Å². The van der Waals surface area contributed by atoms with Gasteiger partial charge < -0.3 is 15.1 Å². The van der Waals surface area contributed by atoms with Crippen LogP contribution in [-0.2, 0) is 20.9 Å². The summed E-state index contributed by atoms with van der Waals surface area (Å²) >= 11 is 0. The first-order valence-corrected chi connectivity index (χ1v) is 16.0. The van der Waals surface area contributed by atoms with Gasteiger partial charge >= 0.3 is 0 Å². The largest absolute Gasteiger partial charge is 0.343 e. The molecule has 0 bridgehead atoms. The van der Waals surface area contributed by atoms with Gasteiger partial charge in [-0.05, 0) is 57.6 Å². The van der Waals surface area contributed by atoms with Gasteiger partial charge in [-0.25, -0.2) is 0 Å². The zero-order valence-electron chi connectivity index (χ0n) is 27.3. The van der Waals surface area contributed by atoms with E-state index in [9.17, 15) is 14.4 Å². The van der Waals surface area contributed by atoms with Crippen LogP contribution in [0.15, 0.2) is 42.0 Å². The number of piperazine rings is 1. The Bertz CT molecular complexity index is 1060. The van der Waals surface area contributed by atoms with Crippen molar-refractivity contribution in [2.24, 2.45) is 11.8 Å². The number of likely N-dealkylation sites (tertiary alicyclic amines) is 1. The average molecular weight is 582 g/mol. The van der Waals surface area contributed by atoms with Crippen LogP contribution in [0.1, 0.15) is 73.3 Å². The summed E-state index contributed by atoms with van der Waals surface area (Å²) < 4.78 is 0. The molecule has 234 valence electrons. The van der Waals surface area contributed by atoms with Crippen molar-refractivity contribution in [3.63, 3.8) is 0 Å². The molecule has 1 aromatic carbocycles. The van der Waals surface area contributed by atoms with E-state index in [1.165, 1.54) is 5.56 Å². The molecule has 3 rings (SSSR count). The lowest BCUT2D eigenvalue weighted by Crippen LogP contribution is -2.58. The van der Waals surface area contributed by atoms with Gasteiger partial charge in [0.15, 0.2) is 0 Å². The van der Waals surface area contributed by atoms with Crippen LogP contribution < -0.4 is 5.32 Å². The Balaban J connectivity index is 1.65. The van der Waals surface area contributed by atoms with E-state index in [4.69, 9.17) is 0 Å². The smallest absolute Gasteiger partial charge is 0.249 e. The van der Waals surface area contributed by atoms with Crippen LogP contribution in [0.2, 0.25) is 0 Å². The lowest BCUT2D eigenvalue weighted by molar-refractivity contribution is -0.140. The predicted octanol–water partition coefficient (Wildman–Crippen LogP) is 4.16. The molecule has 3 amide bonds. The number of likely N-dealkylation sites (N-methyl/N-ethyl adjacent to an activating group) is 1. The number of nitrogens with zero attached hydrogens (tertiary/aromatic N) is 4. The standard InChI is InChI=1S/C34H55N5O3/c1-24(2)30(22-27(7)33(41)38-20-18-37(19-21-38)23-28-14-10-9-11-15-28)36(8)34(42)31(25(3)4)35-32(40)29-16-12-13-17-39(29)26(5)6/h9-11,14-15,22,24-26,29-31H,12-13,16-21,23H2,1-8H3,(H,35,40)/t29?,30-,31+/m1/s1. The zero-order chi connectivity index (χ0) is 31.0. The molecule has 1 aromatic rings. The van der Waals surface area contributed by atoms with Gasteiger partial charge in [0.1, 0.15) is 6.04 Å². The number of rotatable bonds is 11. The molecule has 3 atom stereocenters. The molecule has 2 aliphatic rings. The molecule has 0 spiro atoms. The Hall–Kier alpha value is -2.71. The predicted molar refractivity (Wildman–Crippen MR) is 170 cm³/mol. The van der Waals surface area contributed by atoms with Gasteiger partial charge in [0.25, 0.3) is 0 Å². The summed E-state index contributed by atoms with van der Waals surface area (Å²) in [4.78, 5) is 49.0. The SMILES string of the molecule is CC(=C[C@H](C(C)C)N(C)C(=O)[C@@H](NC(=O)C1CCCCN1C(C)C)C(C)C)C(=O)N1CCN(Cc2ccccc2)CC1. The fourth-order valence-electron chi connectivity index (χ4n) is 6.26. The third-order valence-corrected chi connectivity index (χ3v) is 8.89. The molecule has 0 radical (unpaired) electrons. The lowest BCUT2D eigenvalue weighted by Gasteiger charge is -2.39. The third-order valence-electron chi connectivity index (χ3n) is 8.89. The Morgan fingerprint density at radius 1 is 0.929 bits per heavy atom. The van der Waals surface area contributed by atoms with Crippen LogP contribution in [0.4, 0.5) is 0 Å². The van der Waals surface area contributed by atoms with Gasteiger partial charge in [-0.3, -0.25) is 24.2 Å². The number of benzene rings is 1. The minimum Gasteiger partial charge on any atom is -0.343 e. The zero-order valence-corrected chi connectivity index (χ0v) is 27.3. The number of hydrogen-bond donors (Lipinski definition) is 1. The minimum atomic E-state index is -0.623. The molecule has 42 heavy (non-hydrogen) atoms. The molecule has 2 fully saturated rings. The monoisotopic (exact) mass is 581 g/mol. The second-order valence-electron chi connectivity index (χ2n) is 13.2. The van der Waals surface area contributed by atoms with Gasteiger partial charge in [-0.15, -0.1) is 0 Å². The highest BCUT2D eigenvalue weighted by atomic mass is 16.2. The van der Waals surface area contributed by atoms with E-state index in [0.717, 1.165) is 45.4 Å². The van der Waals surface area contributed by atoms with Gasteiger partial charge in [-0.1, -0.05) is 70.5 Å². The molecule has 1 N–H and O–H groups in total. The summed E-state index contributed by atoms with van der Waals surface area (Å²) in [6.45, 7) is 19.0. The molecule has 0 aliphatic carbocycles. The van der Waals surface area contributed by atoms with Gasteiger partial charge in [0.2, 0.25) is 17.7 Å². The molecule has 8 nitrogen and oxygen atoms in total. The topological polar surface area (TPSA) is 76.2 Å². The van der Waals surface area contributed by atoms with E-state index in [0.29, 0.717) is 18.7 Å².